The molecule has 1 aliphatic rings. The lowest BCUT2D eigenvalue weighted by Crippen LogP contribution is -2.36. The maximum atomic E-state index is 12.3. The minimum Gasteiger partial charge on any atom is -0.333 e. The number of para-hydroxylation sites is 1. The van der Waals surface area contributed by atoms with Crippen molar-refractivity contribution in [1.29, 1.82) is 0 Å². The largest absolute Gasteiger partial charge is 0.406 e. The lowest BCUT2D eigenvalue weighted by Gasteiger charge is -2.18. The highest BCUT2D eigenvalue weighted by Crippen LogP contribution is 2.24. The molecule has 1 aliphatic heterocycles. The van der Waals surface area contributed by atoms with E-state index in [9.17, 15) is 22.8 Å². The van der Waals surface area contributed by atoms with Crippen LogP contribution < -0.4 is 5.32 Å². The van der Waals surface area contributed by atoms with Crippen LogP contribution in [-0.2, 0) is 9.59 Å². The van der Waals surface area contributed by atoms with Gasteiger partial charge in [0.2, 0.25) is 11.8 Å². The number of anilines is 1. The molecule has 20 heavy (non-hydrogen) atoms. The van der Waals surface area contributed by atoms with Crippen LogP contribution in [0.15, 0.2) is 30.3 Å². The van der Waals surface area contributed by atoms with Crippen molar-refractivity contribution in [1.82, 2.24) is 4.90 Å². The second-order valence-electron chi connectivity index (χ2n) is 4.65. The van der Waals surface area contributed by atoms with Gasteiger partial charge in [-0.25, -0.2) is 0 Å². The molecule has 1 aromatic carbocycles. The summed E-state index contributed by atoms with van der Waals surface area (Å²) in [6, 6.07) is 8.57. The molecule has 108 valence electrons. The van der Waals surface area contributed by atoms with Crippen molar-refractivity contribution in [2.45, 2.75) is 12.6 Å². The first-order chi connectivity index (χ1) is 9.35. The zero-order valence-corrected chi connectivity index (χ0v) is 10.5. The van der Waals surface area contributed by atoms with Gasteiger partial charge in [-0.05, 0) is 12.1 Å². The third-order valence-electron chi connectivity index (χ3n) is 3.00. The molecular formula is C13H13F3N2O2. The SMILES string of the molecule is O=C(Nc1ccccc1)[C@H]1CC(=O)N(CC(F)(F)F)C1. The van der Waals surface area contributed by atoms with E-state index in [4.69, 9.17) is 0 Å². The summed E-state index contributed by atoms with van der Waals surface area (Å²) in [6.07, 6.45) is -4.63. The number of carbonyl (C=O) groups excluding carboxylic acids is 2. The molecule has 0 bridgehead atoms. The van der Waals surface area contributed by atoms with E-state index >= 15 is 0 Å². The standard InChI is InChI=1S/C13H13F3N2O2/c14-13(15,16)8-18-7-9(6-11(18)19)12(20)17-10-4-2-1-3-5-10/h1-5,9H,6-8H2,(H,17,20)/t9-/m0/s1. The molecule has 2 rings (SSSR count). The zero-order chi connectivity index (χ0) is 14.8. The summed E-state index contributed by atoms with van der Waals surface area (Å²) in [5, 5.41) is 2.59. The molecular weight excluding hydrogens is 273 g/mol. The van der Waals surface area contributed by atoms with Crippen LogP contribution in [0.4, 0.5) is 18.9 Å². The average molecular weight is 286 g/mol. The Morgan fingerprint density at radius 1 is 1.30 bits per heavy atom. The molecule has 0 aromatic heterocycles. The Hall–Kier alpha value is -2.05. The number of halogens is 3. The number of hydrogen-bond acceptors (Lipinski definition) is 2. The van der Waals surface area contributed by atoms with Gasteiger partial charge in [0.05, 0.1) is 5.92 Å². The van der Waals surface area contributed by atoms with E-state index in [2.05, 4.69) is 5.32 Å². The Bertz CT molecular complexity index is 502. The molecule has 0 unspecified atom stereocenters. The highest BCUT2D eigenvalue weighted by molar-refractivity contribution is 5.97. The van der Waals surface area contributed by atoms with E-state index in [-0.39, 0.29) is 13.0 Å². The third kappa shape index (κ3) is 3.72. The van der Waals surface area contributed by atoms with E-state index in [1.807, 2.05) is 0 Å². The van der Waals surface area contributed by atoms with Crippen molar-refractivity contribution in [2.24, 2.45) is 5.92 Å². The molecule has 7 heteroatoms. The summed E-state index contributed by atoms with van der Waals surface area (Å²) >= 11 is 0. The van der Waals surface area contributed by atoms with E-state index in [0.717, 1.165) is 0 Å². The molecule has 0 saturated carbocycles. The van der Waals surface area contributed by atoms with Crippen molar-refractivity contribution >= 4 is 17.5 Å². The fourth-order valence-electron chi connectivity index (χ4n) is 2.08. The molecule has 1 saturated heterocycles. The summed E-state index contributed by atoms with van der Waals surface area (Å²) in [5.41, 5.74) is 0.555. The zero-order valence-electron chi connectivity index (χ0n) is 10.5. The predicted molar refractivity (Wildman–Crippen MR) is 65.8 cm³/mol. The van der Waals surface area contributed by atoms with Crippen LogP contribution in [0, 0.1) is 5.92 Å². The third-order valence-corrected chi connectivity index (χ3v) is 3.00. The van der Waals surface area contributed by atoms with Gasteiger partial charge in [-0.1, -0.05) is 18.2 Å². The summed E-state index contributed by atoms with van der Waals surface area (Å²) in [5.74, 6) is -1.82. The lowest BCUT2D eigenvalue weighted by atomic mass is 10.1. The van der Waals surface area contributed by atoms with E-state index in [1.165, 1.54) is 0 Å². The monoisotopic (exact) mass is 286 g/mol. The first-order valence-corrected chi connectivity index (χ1v) is 6.05. The fourth-order valence-corrected chi connectivity index (χ4v) is 2.08. The van der Waals surface area contributed by atoms with Crippen molar-refractivity contribution in [3.63, 3.8) is 0 Å². The predicted octanol–water partition coefficient (Wildman–Crippen LogP) is 2.04. The maximum Gasteiger partial charge on any atom is 0.406 e. The molecule has 4 nitrogen and oxygen atoms in total. The van der Waals surface area contributed by atoms with Crippen molar-refractivity contribution in [3.05, 3.63) is 30.3 Å². The van der Waals surface area contributed by atoms with Gasteiger partial charge in [-0.15, -0.1) is 0 Å². The van der Waals surface area contributed by atoms with Crippen LogP contribution in [0.2, 0.25) is 0 Å². The lowest BCUT2D eigenvalue weighted by molar-refractivity contribution is -0.157. The van der Waals surface area contributed by atoms with Gasteiger partial charge in [0.15, 0.2) is 0 Å². The van der Waals surface area contributed by atoms with Gasteiger partial charge in [0.1, 0.15) is 6.54 Å². The van der Waals surface area contributed by atoms with Crippen LogP contribution in [-0.4, -0.2) is 36.0 Å². The molecule has 0 radical (unpaired) electrons. The number of amides is 2. The number of carbonyl (C=O) groups is 2. The number of alkyl halides is 3. The first kappa shape index (κ1) is 14.4. The number of benzene rings is 1. The van der Waals surface area contributed by atoms with Crippen molar-refractivity contribution < 1.29 is 22.8 Å². The Balaban J connectivity index is 1.94. The van der Waals surface area contributed by atoms with Gasteiger partial charge >= 0.3 is 6.18 Å². The minimum atomic E-state index is -4.44. The molecule has 1 aromatic rings. The highest BCUT2D eigenvalue weighted by atomic mass is 19.4. The first-order valence-electron chi connectivity index (χ1n) is 6.05. The smallest absolute Gasteiger partial charge is 0.333 e. The molecule has 1 atom stereocenters. The summed E-state index contributed by atoms with van der Waals surface area (Å²) in [7, 11) is 0. The van der Waals surface area contributed by atoms with Crippen molar-refractivity contribution in [2.75, 3.05) is 18.4 Å². The van der Waals surface area contributed by atoms with Gasteiger partial charge in [-0.3, -0.25) is 9.59 Å². The van der Waals surface area contributed by atoms with Crippen molar-refractivity contribution in [3.8, 4) is 0 Å². The second kappa shape index (κ2) is 5.52. The Morgan fingerprint density at radius 3 is 2.55 bits per heavy atom. The number of nitrogens with one attached hydrogen (secondary N) is 1. The number of rotatable bonds is 3. The Kier molecular flexibility index (Phi) is 3.96. The van der Waals surface area contributed by atoms with Crippen LogP contribution in [0.25, 0.3) is 0 Å². The number of nitrogens with zero attached hydrogens (tertiary/aromatic N) is 1. The molecule has 2 amide bonds. The topological polar surface area (TPSA) is 49.4 Å². The second-order valence-corrected chi connectivity index (χ2v) is 4.65. The summed E-state index contributed by atoms with van der Waals surface area (Å²) in [4.78, 5) is 24.0. The van der Waals surface area contributed by atoms with Gasteiger partial charge in [0, 0.05) is 18.7 Å². The summed E-state index contributed by atoms with van der Waals surface area (Å²) < 4.78 is 36.8. The van der Waals surface area contributed by atoms with Crippen LogP contribution >= 0.6 is 0 Å². The fraction of sp³-hybridized carbons (Fsp3) is 0.385. The highest BCUT2D eigenvalue weighted by Gasteiger charge is 2.40. The van der Waals surface area contributed by atoms with Gasteiger partial charge in [0.25, 0.3) is 0 Å². The van der Waals surface area contributed by atoms with E-state index in [0.29, 0.717) is 10.6 Å². The maximum absolute atomic E-state index is 12.3. The summed E-state index contributed by atoms with van der Waals surface area (Å²) in [6.45, 7) is -1.50. The van der Waals surface area contributed by atoms with Crippen LogP contribution in [0.5, 0.6) is 0 Å². The number of likely N-dealkylation sites (tertiary alicyclic amines) is 1. The molecule has 0 spiro atoms. The number of hydrogen-bond donors (Lipinski definition) is 1. The van der Waals surface area contributed by atoms with E-state index < -0.39 is 30.5 Å². The average Bonchev–Trinajstić information content (AvgIpc) is 2.70. The van der Waals surface area contributed by atoms with Crippen LogP contribution in [0.3, 0.4) is 0 Å². The molecule has 1 N–H and O–H groups in total. The Morgan fingerprint density at radius 2 is 1.95 bits per heavy atom. The normalized spacial score (nSPS) is 19.2. The van der Waals surface area contributed by atoms with E-state index in [1.54, 1.807) is 30.3 Å². The quantitative estimate of drug-likeness (QED) is 0.924. The molecule has 1 fully saturated rings. The molecule has 1 heterocycles. The molecule has 0 aliphatic carbocycles. The minimum absolute atomic E-state index is 0.186. The Labute approximate surface area is 113 Å². The van der Waals surface area contributed by atoms with Crippen LogP contribution in [0.1, 0.15) is 6.42 Å². The van der Waals surface area contributed by atoms with Gasteiger partial charge in [-0.2, -0.15) is 13.2 Å². The van der Waals surface area contributed by atoms with Gasteiger partial charge < -0.3 is 10.2 Å².